The quantitative estimate of drug-likeness (QED) is 0.743. The fraction of sp³-hybridized carbons (Fsp3) is 0.550. The van der Waals surface area contributed by atoms with Crippen LogP contribution in [0.25, 0.3) is 5.57 Å². The van der Waals surface area contributed by atoms with Crippen LogP contribution in [0.2, 0.25) is 10.0 Å². The summed E-state index contributed by atoms with van der Waals surface area (Å²) in [5.74, 6) is 0.317. The van der Waals surface area contributed by atoms with Gasteiger partial charge in [-0.05, 0) is 49.5 Å². The van der Waals surface area contributed by atoms with Crippen LogP contribution in [0.1, 0.15) is 45.1 Å². The lowest BCUT2D eigenvalue weighted by Gasteiger charge is -2.28. The van der Waals surface area contributed by atoms with Gasteiger partial charge in [0.15, 0.2) is 0 Å². The zero-order valence-corrected chi connectivity index (χ0v) is 16.5. The second-order valence-electron chi connectivity index (χ2n) is 7.10. The molecule has 0 N–H and O–H groups in total. The standard InChI is InChI=1S/C20H26Cl2N2O/c1-3-20(25)24-16-5-6-17(24)13-23(11-9-16)10-8-14(2)15-4-7-18(21)19(22)12-15/h4,7-8,12,16-17H,3,5-6,9-11,13H2,1-2H3/b14-8+. The molecule has 2 aliphatic heterocycles. The van der Waals surface area contributed by atoms with Crippen LogP contribution in [0, 0.1) is 0 Å². The van der Waals surface area contributed by atoms with E-state index in [9.17, 15) is 4.79 Å². The maximum atomic E-state index is 12.3. The fourth-order valence-electron chi connectivity index (χ4n) is 4.03. The number of hydrogen-bond acceptors (Lipinski definition) is 2. The third-order valence-electron chi connectivity index (χ3n) is 5.49. The van der Waals surface area contributed by atoms with Gasteiger partial charge in [-0.2, -0.15) is 0 Å². The first kappa shape index (κ1) is 18.8. The topological polar surface area (TPSA) is 23.6 Å². The minimum absolute atomic E-state index is 0.317. The molecular weight excluding hydrogens is 355 g/mol. The van der Waals surface area contributed by atoms with Crippen molar-refractivity contribution in [3.63, 3.8) is 0 Å². The van der Waals surface area contributed by atoms with Gasteiger partial charge in [-0.15, -0.1) is 0 Å². The normalized spacial score (nSPS) is 24.5. The number of allylic oxidation sites excluding steroid dienone is 1. The number of likely N-dealkylation sites (tertiary alicyclic amines) is 1. The molecule has 0 aliphatic carbocycles. The van der Waals surface area contributed by atoms with Crippen molar-refractivity contribution in [2.24, 2.45) is 0 Å². The molecule has 136 valence electrons. The number of halogens is 2. The number of carbonyl (C=O) groups is 1. The highest BCUT2D eigenvalue weighted by atomic mass is 35.5. The summed E-state index contributed by atoms with van der Waals surface area (Å²) in [7, 11) is 0. The summed E-state index contributed by atoms with van der Waals surface area (Å²) in [6, 6.07) is 6.60. The maximum Gasteiger partial charge on any atom is 0.222 e. The third kappa shape index (κ3) is 4.21. The lowest BCUT2D eigenvalue weighted by Crippen LogP contribution is -2.42. The summed E-state index contributed by atoms with van der Waals surface area (Å²) in [5, 5.41) is 1.18. The van der Waals surface area contributed by atoms with E-state index in [0.717, 1.165) is 38.0 Å². The van der Waals surface area contributed by atoms with Crippen molar-refractivity contribution in [1.82, 2.24) is 9.80 Å². The fourth-order valence-corrected chi connectivity index (χ4v) is 4.32. The van der Waals surface area contributed by atoms with Crippen molar-refractivity contribution in [2.75, 3.05) is 19.6 Å². The molecular formula is C20H26Cl2N2O. The molecule has 2 saturated heterocycles. The number of fused-ring (bicyclic) bond motifs is 2. The average molecular weight is 381 g/mol. The van der Waals surface area contributed by atoms with E-state index in [1.165, 1.54) is 12.0 Å². The Bertz CT molecular complexity index is 674. The number of amides is 1. The van der Waals surface area contributed by atoms with Gasteiger partial charge in [-0.25, -0.2) is 0 Å². The van der Waals surface area contributed by atoms with Crippen LogP contribution < -0.4 is 0 Å². The molecule has 1 amide bonds. The van der Waals surface area contributed by atoms with Gasteiger partial charge < -0.3 is 4.90 Å². The third-order valence-corrected chi connectivity index (χ3v) is 6.23. The van der Waals surface area contributed by atoms with E-state index in [2.05, 4.69) is 22.8 Å². The average Bonchev–Trinajstić information content (AvgIpc) is 2.90. The van der Waals surface area contributed by atoms with Crippen molar-refractivity contribution in [1.29, 1.82) is 0 Å². The molecule has 25 heavy (non-hydrogen) atoms. The molecule has 0 saturated carbocycles. The van der Waals surface area contributed by atoms with Gasteiger partial charge in [0.1, 0.15) is 0 Å². The number of nitrogens with zero attached hydrogens (tertiary/aromatic N) is 2. The van der Waals surface area contributed by atoms with E-state index in [1.807, 2.05) is 25.1 Å². The number of carbonyl (C=O) groups excluding carboxylic acids is 1. The van der Waals surface area contributed by atoms with E-state index in [4.69, 9.17) is 23.2 Å². The highest BCUT2D eigenvalue weighted by Gasteiger charge is 2.38. The number of rotatable bonds is 4. The minimum Gasteiger partial charge on any atom is -0.335 e. The first-order valence-electron chi connectivity index (χ1n) is 9.15. The van der Waals surface area contributed by atoms with Gasteiger partial charge in [0.05, 0.1) is 10.0 Å². The van der Waals surface area contributed by atoms with Crippen molar-refractivity contribution >= 4 is 34.7 Å². The second-order valence-corrected chi connectivity index (χ2v) is 7.92. The van der Waals surface area contributed by atoms with Crippen LogP contribution >= 0.6 is 23.2 Å². The van der Waals surface area contributed by atoms with Gasteiger partial charge in [0.2, 0.25) is 5.91 Å². The van der Waals surface area contributed by atoms with E-state index in [1.54, 1.807) is 0 Å². The highest BCUT2D eigenvalue weighted by molar-refractivity contribution is 6.42. The predicted octanol–water partition coefficient (Wildman–Crippen LogP) is 4.87. The van der Waals surface area contributed by atoms with E-state index < -0.39 is 0 Å². The van der Waals surface area contributed by atoms with Crippen LogP contribution in [0.3, 0.4) is 0 Å². The van der Waals surface area contributed by atoms with Crippen molar-refractivity contribution in [3.05, 3.63) is 39.9 Å². The maximum absolute atomic E-state index is 12.3. The highest BCUT2D eigenvalue weighted by Crippen LogP contribution is 2.31. The summed E-state index contributed by atoms with van der Waals surface area (Å²) in [6.45, 7) is 7.01. The van der Waals surface area contributed by atoms with Gasteiger partial charge >= 0.3 is 0 Å². The lowest BCUT2D eigenvalue weighted by molar-refractivity contribution is -0.133. The molecule has 1 aromatic rings. The number of benzene rings is 1. The Hall–Kier alpha value is -1.03. The zero-order chi connectivity index (χ0) is 18.0. The monoisotopic (exact) mass is 380 g/mol. The van der Waals surface area contributed by atoms with Crippen LogP contribution in [-0.4, -0.2) is 47.4 Å². The summed E-state index contributed by atoms with van der Waals surface area (Å²) < 4.78 is 0. The first-order chi connectivity index (χ1) is 12.0. The largest absolute Gasteiger partial charge is 0.335 e. The molecule has 2 unspecified atom stereocenters. The Morgan fingerprint density at radius 3 is 2.68 bits per heavy atom. The molecule has 2 aliphatic rings. The van der Waals surface area contributed by atoms with Gasteiger partial charge in [0, 0.05) is 38.1 Å². The summed E-state index contributed by atoms with van der Waals surface area (Å²) in [4.78, 5) is 16.9. The molecule has 0 aromatic heterocycles. The van der Waals surface area contributed by atoms with E-state index in [-0.39, 0.29) is 0 Å². The van der Waals surface area contributed by atoms with E-state index in [0.29, 0.717) is 34.5 Å². The number of hydrogen-bond donors (Lipinski definition) is 0. The van der Waals surface area contributed by atoms with Gasteiger partial charge in [0.25, 0.3) is 0 Å². The van der Waals surface area contributed by atoms with Crippen LogP contribution in [0.5, 0.6) is 0 Å². The summed E-state index contributed by atoms with van der Waals surface area (Å²) in [6.07, 6.45) is 6.26. The Kier molecular flexibility index (Phi) is 6.08. The molecule has 5 heteroatoms. The Morgan fingerprint density at radius 1 is 1.20 bits per heavy atom. The van der Waals surface area contributed by atoms with Crippen molar-refractivity contribution in [2.45, 2.75) is 51.6 Å². The second kappa shape index (κ2) is 8.11. The van der Waals surface area contributed by atoms with Crippen LogP contribution in [0.15, 0.2) is 24.3 Å². The van der Waals surface area contributed by atoms with Crippen molar-refractivity contribution in [3.8, 4) is 0 Å². The smallest absolute Gasteiger partial charge is 0.222 e. The molecule has 3 nitrogen and oxygen atoms in total. The Labute approximate surface area is 160 Å². The molecule has 2 fully saturated rings. The van der Waals surface area contributed by atoms with Gasteiger partial charge in [-0.3, -0.25) is 9.69 Å². The molecule has 2 heterocycles. The van der Waals surface area contributed by atoms with E-state index >= 15 is 0 Å². The zero-order valence-electron chi connectivity index (χ0n) is 15.0. The molecule has 1 aromatic carbocycles. The molecule has 0 radical (unpaired) electrons. The lowest BCUT2D eigenvalue weighted by atomic mass is 10.1. The van der Waals surface area contributed by atoms with Crippen LogP contribution in [0.4, 0.5) is 0 Å². The van der Waals surface area contributed by atoms with Crippen molar-refractivity contribution < 1.29 is 4.79 Å². The first-order valence-corrected chi connectivity index (χ1v) is 9.91. The predicted molar refractivity (Wildman–Crippen MR) is 105 cm³/mol. The Morgan fingerprint density at radius 2 is 1.96 bits per heavy atom. The summed E-state index contributed by atoms with van der Waals surface area (Å²) in [5.41, 5.74) is 2.31. The Balaban J connectivity index is 1.65. The molecule has 2 atom stereocenters. The SMILES string of the molecule is CCC(=O)N1C2CCC1CN(C/C=C(\C)c1ccc(Cl)c(Cl)c1)CC2. The minimum atomic E-state index is 0.317. The molecule has 2 bridgehead atoms. The van der Waals surface area contributed by atoms with Gasteiger partial charge in [-0.1, -0.05) is 42.3 Å². The molecule has 3 rings (SSSR count). The molecule has 0 spiro atoms. The summed E-state index contributed by atoms with van der Waals surface area (Å²) >= 11 is 12.1. The van der Waals surface area contributed by atoms with Crippen LogP contribution in [-0.2, 0) is 4.79 Å².